The van der Waals surface area contributed by atoms with Crippen LogP contribution in [0.5, 0.6) is 0 Å². The topological polar surface area (TPSA) is 26.0 Å². The van der Waals surface area contributed by atoms with Crippen molar-refractivity contribution in [2.75, 3.05) is 0 Å². The van der Waals surface area contributed by atoms with E-state index in [9.17, 15) is 4.39 Å². The number of rotatable bonds is 3. The van der Waals surface area contributed by atoms with Crippen LogP contribution in [0.25, 0.3) is 0 Å². The van der Waals surface area contributed by atoms with Crippen LogP contribution in [0.1, 0.15) is 25.8 Å². The summed E-state index contributed by atoms with van der Waals surface area (Å²) in [6.45, 7) is 4.43. The normalized spacial score (nSPS) is 24.2. The first-order valence-electron chi connectivity index (χ1n) is 5.59. The molecule has 1 nitrogen and oxygen atoms in total. The summed E-state index contributed by atoms with van der Waals surface area (Å²) in [6, 6.07) is 4.53. The van der Waals surface area contributed by atoms with Gasteiger partial charge in [0.15, 0.2) is 0 Å². The Morgan fingerprint density at radius 2 is 2.19 bits per heavy atom. The molecule has 88 valence electrons. The minimum atomic E-state index is -0.248. The van der Waals surface area contributed by atoms with Crippen molar-refractivity contribution < 1.29 is 4.39 Å². The van der Waals surface area contributed by atoms with E-state index in [1.54, 1.807) is 6.07 Å². The van der Waals surface area contributed by atoms with Crippen molar-refractivity contribution in [1.29, 1.82) is 0 Å². The van der Waals surface area contributed by atoms with Gasteiger partial charge >= 0.3 is 0 Å². The quantitative estimate of drug-likeness (QED) is 0.863. The lowest BCUT2D eigenvalue weighted by atomic mass is 9.98. The van der Waals surface area contributed by atoms with E-state index in [4.69, 9.17) is 17.3 Å². The van der Waals surface area contributed by atoms with E-state index in [2.05, 4.69) is 13.8 Å². The van der Waals surface area contributed by atoms with Crippen molar-refractivity contribution >= 4 is 11.6 Å². The molecule has 2 unspecified atom stereocenters. The summed E-state index contributed by atoms with van der Waals surface area (Å²) in [5.41, 5.74) is 7.29. The Labute approximate surface area is 101 Å². The number of benzene rings is 1. The molecular formula is C13H17ClFN. The van der Waals surface area contributed by atoms with Gasteiger partial charge in [0.05, 0.1) is 0 Å². The van der Waals surface area contributed by atoms with Crippen molar-refractivity contribution in [3.63, 3.8) is 0 Å². The van der Waals surface area contributed by atoms with Crippen molar-refractivity contribution in [3.05, 3.63) is 34.6 Å². The Balaban J connectivity index is 2.06. The zero-order valence-electron chi connectivity index (χ0n) is 9.63. The molecule has 0 heterocycles. The molecule has 2 N–H and O–H groups in total. The monoisotopic (exact) mass is 241 g/mol. The summed E-state index contributed by atoms with van der Waals surface area (Å²) in [4.78, 5) is 0. The number of nitrogens with two attached hydrogens (primary N) is 1. The molecule has 0 aliphatic heterocycles. The van der Waals surface area contributed by atoms with Gasteiger partial charge in [-0.05, 0) is 47.9 Å². The fourth-order valence-electron chi connectivity index (χ4n) is 2.33. The Kier molecular flexibility index (Phi) is 2.97. The molecule has 0 amide bonds. The molecule has 1 aliphatic carbocycles. The minimum Gasteiger partial charge on any atom is -0.327 e. The SMILES string of the molecule is CC1(C)CC1C(N)Cc1cc(F)ccc1Cl. The Hall–Kier alpha value is -0.600. The van der Waals surface area contributed by atoms with Gasteiger partial charge in [0.2, 0.25) is 0 Å². The number of hydrogen-bond acceptors (Lipinski definition) is 1. The second kappa shape index (κ2) is 4.01. The number of halogens is 2. The molecule has 1 aromatic carbocycles. The fourth-order valence-corrected chi connectivity index (χ4v) is 2.53. The van der Waals surface area contributed by atoms with Crippen LogP contribution in [0.2, 0.25) is 5.02 Å². The van der Waals surface area contributed by atoms with Crippen LogP contribution in [0.3, 0.4) is 0 Å². The molecule has 1 aliphatic rings. The average Bonchev–Trinajstić information content (AvgIpc) is 2.82. The molecule has 1 fully saturated rings. The van der Waals surface area contributed by atoms with E-state index >= 15 is 0 Å². The molecule has 0 aromatic heterocycles. The van der Waals surface area contributed by atoms with Crippen LogP contribution in [0, 0.1) is 17.2 Å². The first kappa shape index (κ1) is 11.9. The van der Waals surface area contributed by atoms with Crippen LogP contribution in [-0.4, -0.2) is 6.04 Å². The van der Waals surface area contributed by atoms with Crippen LogP contribution < -0.4 is 5.73 Å². The second-order valence-electron chi connectivity index (χ2n) is 5.40. The third-order valence-corrected chi connectivity index (χ3v) is 3.94. The van der Waals surface area contributed by atoms with E-state index < -0.39 is 0 Å². The first-order chi connectivity index (χ1) is 7.40. The van der Waals surface area contributed by atoms with Gasteiger partial charge in [0.1, 0.15) is 5.82 Å². The predicted molar refractivity (Wildman–Crippen MR) is 65.0 cm³/mol. The van der Waals surface area contributed by atoms with Crippen LogP contribution in [0.4, 0.5) is 4.39 Å². The second-order valence-corrected chi connectivity index (χ2v) is 5.81. The molecule has 1 saturated carbocycles. The molecule has 2 atom stereocenters. The third kappa shape index (κ3) is 2.38. The van der Waals surface area contributed by atoms with Gasteiger partial charge in [0.25, 0.3) is 0 Å². The van der Waals surface area contributed by atoms with Crippen LogP contribution in [-0.2, 0) is 6.42 Å². The standard InChI is InChI=1S/C13H17ClFN/c1-13(2)7-10(13)12(16)6-8-5-9(15)3-4-11(8)14/h3-5,10,12H,6-7,16H2,1-2H3. The van der Waals surface area contributed by atoms with Gasteiger partial charge in [-0.2, -0.15) is 0 Å². The minimum absolute atomic E-state index is 0.0781. The zero-order valence-corrected chi connectivity index (χ0v) is 10.4. The summed E-state index contributed by atoms with van der Waals surface area (Å²) in [5.74, 6) is 0.286. The lowest BCUT2D eigenvalue weighted by Gasteiger charge is -2.14. The molecular weight excluding hydrogens is 225 g/mol. The lowest BCUT2D eigenvalue weighted by Crippen LogP contribution is -2.27. The molecule has 1 aromatic rings. The van der Waals surface area contributed by atoms with Gasteiger partial charge in [-0.3, -0.25) is 0 Å². The van der Waals surface area contributed by atoms with Gasteiger partial charge in [-0.25, -0.2) is 4.39 Å². The fraction of sp³-hybridized carbons (Fsp3) is 0.538. The molecule has 0 saturated heterocycles. The maximum atomic E-state index is 13.1. The Bertz CT molecular complexity index is 403. The summed E-state index contributed by atoms with van der Waals surface area (Å²) < 4.78 is 13.1. The molecule has 16 heavy (non-hydrogen) atoms. The maximum Gasteiger partial charge on any atom is 0.123 e. The smallest absolute Gasteiger partial charge is 0.123 e. The van der Waals surface area contributed by atoms with Gasteiger partial charge in [0, 0.05) is 11.1 Å². The largest absolute Gasteiger partial charge is 0.327 e. The van der Waals surface area contributed by atoms with Crippen molar-refractivity contribution in [3.8, 4) is 0 Å². The highest BCUT2D eigenvalue weighted by Gasteiger charge is 2.48. The van der Waals surface area contributed by atoms with E-state index in [1.165, 1.54) is 12.1 Å². The molecule has 3 heteroatoms. The molecule has 0 radical (unpaired) electrons. The summed E-state index contributed by atoms with van der Waals surface area (Å²) in [7, 11) is 0. The highest BCUT2D eigenvalue weighted by Crippen LogP contribution is 2.53. The van der Waals surface area contributed by atoms with Crippen molar-refractivity contribution in [2.24, 2.45) is 17.1 Å². The van der Waals surface area contributed by atoms with Crippen molar-refractivity contribution in [2.45, 2.75) is 32.7 Å². The summed E-state index contributed by atoms with van der Waals surface area (Å²) in [6.07, 6.45) is 1.81. The van der Waals surface area contributed by atoms with Crippen LogP contribution in [0.15, 0.2) is 18.2 Å². The third-order valence-electron chi connectivity index (χ3n) is 3.57. The van der Waals surface area contributed by atoms with E-state index in [-0.39, 0.29) is 11.9 Å². The molecule has 0 bridgehead atoms. The maximum absolute atomic E-state index is 13.1. The summed E-state index contributed by atoms with van der Waals surface area (Å²) >= 11 is 6.01. The summed E-state index contributed by atoms with van der Waals surface area (Å²) in [5, 5.41) is 0.607. The Morgan fingerprint density at radius 1 is 1.56 bits per heavy atom. The van der Waals surface area contributed by atoms with Crippen molar-refractivity contribution in [1.82, 2.24) is 0 Å². The lowest BCUT2D eigenvalue weighted by molar-refractivity contribution is 0.476. The molecule has 0 spiro atoms. The predicted octanol–water partition coefficient (Wildman–Crippen LogP) is 3.40. The van der Waals surface area contributed by atoms with E-state index in [0.717, 1.165) is 12.0 Å². The number of hydrogen-bond donors (Lipinski definition) is 1. The first-order valence-corrected chi connectivity index (χ1v) is 5.97. The average molecular weight is 242 g/mol. The molecule has 2 rings (SSSR count). The van der Waals surface area contributed by atoms with Gasteiger partial charge < -0.3 is 5.73 Å². The van der Waals surface area contributed by atoms with E-state index in [1.807, 2.05) is 0 Å². The van der Waals surface area contributed by atoms with Gasteiger partial charge in [-0.1, -0.05) is 25.4 Å². The Morgan fingerprint density at radius 3 is 2.75 bits per heavy atom. The highest BCUT2D eigenvalue weighted by molar-refractivity contribution is 6.31. The van der Waals surface area contributed by atoms with Gasteiger partial charge in [-0.15, -0.1) is 0 Å². The van der Waals surface area contributed by atoms with Crippen LogP contribution >= 0.6 is 11.6 Å². The highest BCUT2D eigenvalue weighted by atomic mass is 35.5. The van der Waals surface area contributed by atoms with E-state index in [0.29, 0.717) is 22.8 Å². The zero-order chi connectivity index (χ0) is 11.9.